The number of rotatable bonds is 3. The number of nitrogens with zero attached hydrogens (tertiary/aromatic N) is 3. The average Bonchev–Trinajstić information content (AvgIpc) is 3.04. The molecular weight excluding hydrogens is 312 g/mol. The number of aromatic nitrogens is 2. The molecule has 0 bridgehead atoms. The Morgan fingerprint density at radius 3 is 2.72 bits per heavy atom. The lowest BCUT2D eigenvalue weighted by atomic mass is 10.1. The van der Waals surface area contributed by atoms with Crippen molar-refractivity contribution in [3.63, 3.8) is 0 Å². The summed E-state index contributed by atoms with van der Waals surface area (Å²) in [5.41, 5.74) is 11.6. The Morgan fingerprint density at radius 1 is 1.04 bits per heavy atom. The van der Waals surface area contributed by atoms with E-state index in [1.807, 2.05) is 24.3 Å². The van der Waals surface area contributed by atoms with Crippen LogP contribution in [0.5, 0.6) is 11.6 Å². The van der Waals surface area contributed by atoms with E-state index >= 15 is 0 Å². The highest BCUT2D eigenvalue weighted by molar-refractivity contribution is 5.77. The van der Waals surface area contributed by atoms with Gasteiger partial charge in [-0.3, -0.25) is 0 Å². The molecule has 4 rings (SSSR count). The van der Waals surface area contributed by atoms with Crippen molar-refractivity contribution in [3.05, 3.63) is 65.5 Å². The van der Waals surface area contributed by atoms with Crippen LogP contribution in [0.25, 0.3) is 0 Å². The average molecular weight is 332 g/mol. The van der Waals surface area contributed by atoms with Gasteiger partial charge in [-0.25, -0.2) is 4.98 Å². The van der Waals surface area contributed by atoms with E-state index in [2.05, 4.69) is 46.9 Å². The van der Waals surface area contributed by atoms with Gasteiger partial charge in [-0.2, -0.15) is 4.98 Å². The number of ether oxygens (including phenoxy) is 1. The minimum Gasteiger partial charge on any atom is -0.437 e. The van der Waals surface area contributed by atoms with Gasteiger partial charge in [0.2, 0.25) is 5.88 Å². The Kier molecular flexibility index (Phi) is 3.76. The summed E-state index contributed by atoms with van der Waals surface area (Å²) in [5, 5.41) is 0. The Hall–Kier alpha value is -3.08. The Morgan fingerprint density at radius 2 is 1.88 bits per heavy atom. The first-order chi connectivity index (χ1) is 12.1. The van der Waals surface area contributed by atoms with Gasteiger partial charge in [-0.1, -0.05) is 24.3 Å². The minimum atomic E-state index is 0.387. The molecule has 0 unspecified atom stereocenters. The fraction of sp³-hybridized carbons (Fsp3) is 0.200. The maximum absolute atomic E-state index is 6.34. The van der Waals surface area contributed by atoms with Crippen LogP contribution >= 0.6 is 0 Å². The molecular formula is C20H20N4O. The van der Waals surface area contributed by atoms with Crippen LogP contribution in [0.4, 0.5) is 17.2 Å². The summed E-state index contributed by atoms with van der Waals surface area (Å²) >= 11 is 0. The number of hydrogen-bond donors (Lipinski definition) is 1. The van der Waals surface area contributed by atoms with Gasteiger partial charge in [-0.15, -0.1) is 0 Å². The second-order valence-corrected chi connectivity index (χ2v) is 6.29. The summed E-state index contributed by atoms with van der Waals surface area (Å²) < 4.78 is 5.93. The quantitative estimate of drug-likeness (QED) is 0.780. The maximum Gasteiger partial charge on any atom is 0.248 e. The molecule has 0 atom stereocenters. The van der Waals surface area contributed by atoms with Crippen molar-refractivity contribution in [2.24, 2.45) is 0 Å². The van der Waals surface area contributed by atoms with Crippen molar-refractivity contribution in [2.75, 3.05) is 17.2 Å². The number of nitrogen functional groups attached to an aromatic ring is 1. The highest BCUT2D eigenvalue weighted by atomic mass is 16.5. The predicted molar refractivity (Wildman–Crippen MR) is 99.6 cm³/mol. The smallest absolute Gasteiger partial charge is 0.248 e. The van der Waals surface area contributed by atoms with Gasteiger partial charge in [0.1, 0.15) is 17.8 Å². The van der Waals surface area contributed by atoms with Crippen molar-refractivity contribution in [1.82, 2.24) is 9.97 Å². The molecule has 0 amide bonds. The van der Waals surface area contributed by atoms with Gasteiger partial charge >= 0.3 is 0 Å². The van der Waals surface area contributed by atoms with Crippen LogP contribution in [0.15, 0.2) is 48.8 Å². The third-order valence-corrected chi connectivity index (χ3v) is 4.66. The lowest BCUT2D eigenvalue weighted by molar-refractivity contribution is 0.464. The standard InChI is InChI=1S/C20H20N4O/c1-13-7-8-16(11-14(13)2)25-20-18(21)19(22-12-23-20)24-10-9-15-5-3-4-6-17(15)24/h3-8,11-12H,9-10,21H2,1-2H3. The van der Waals surface area contributed by atoms with Crippen molar-refractivity contribution in [1.29, 1.82) is 0 Å². The molecule has 0 saturated carbocycles. The number of aryl methyl sites for hydroxylation is 2. The van der Waals surface area contributed by atoms with E-state index in [0.29, 0.717) is 17.4 Å². The molecule has 1 aliphatic heterocycles. The molecule has 0 fully saturated rings. The maximum atomic E-state index is 6.34. The number of fused-ring (bicyclic) bond motifs is 1. The summed E-state index contributed by atoms with van der Waals surface area (Å²) in [6, 6.07) is 14.3. The first-order valence-electron chi connectivity index (χ1n) is 8.34. The van der Waals surface area contributed by atoms with Gasteiger partial charge < -0.3 is 15.4 Å². The molecule has 2 aromatic carbocycles. The molecule has 5 nitrogen and oxygen atoms in total. The molecule has 2 heterocycles. The summed E-state index contributed by atoms with van der Waals surface area (Å²) in [6.45, 7) is 4.98. The van der Waals surface area contributed by atoms with Crippen molar-refractivity contribution in [2.45, 2.75) is 20.3 Å². The monoisotopic (exact) mass is 332 g/mol. The van der Waals surface area contributed by atoms with Crippen LogP contribution in [0.3, 0.4) is 0 Å². The largest absolute Gasteiger partial charge is 0.437 e. The molecule has 1 aliphatic rings. The van der Waals surface area contributed by atoms with Gasteiger partial charge in [0.25, 0.3) is 0 Å². The van der Waals surface area contributed by atoms with Crippen LogP contribution in [-0.4, -0.2) is 16.5 Å². The summed E-state index contributed by atoms with van der Waals surface area (Å²) in [4.78, 5) is 10.8. The number of hydrogen-bond acceptors (Lipinski definition) is 5. The molecule has 0 saturated heterocycles. The Balaban J connectivity index is 1.68. The van der Waals surface area contributed by atoms with E-state index in [9.17, 15) is 0 Å². The Bertz CT molecular complexity index is 939. The lowest BCUT2D eigenvalue weighted by Gasteiger charge is -2.20. The molecule has 25 heavy (non-hydrogen) atoms. The number of nitrogens with two attached hydrogens (primary N) is 1. The summed E-state index contributed by atoms with van der Waals surface area (Å²) in [5.74, 6) is 1.80. The lowest BCUT2D eigenvalue weighted by Crippen LogP contribution is -2.17. The first kappa shape index (κ1) is 15.4. The Labute approximate surface area is 147 Å². The van der Waals surface area contributed by atoms with E-state index in [4.69, 9.17) is 10.5 Å². The van der Waals surface area contributed by atoms with E-state index in [0.717, 1.165) is 24.4 Å². The fourth-order valence-electron chi connectivity index (χ4n) is 3.11. The number of para-hydroxylation sites is 1. The third kappa shape index (κ3) is 2.78. The molecule has 126 valence electrons. The molecule has 0 radical (unpaired) electrons. The van der Waals surface area contributed by atoms with Gasteiger partial charge in [0.05, 0.1) is 0 Å². The van der Waals surface area contributed by atoms with Gasteiger partial charge in [0, 0.05) is 12.2 Å². The SMILES string of the molecule is Cc1ccc(Oc2ncnc(N3CCc4ccccc43)c2N)cc1C. The summed E-state index contributed by atoms with van der Waals surface area (Å²) in [6.07, 6.45) is 2.48. The molecule has 2 N–H and O–H groups in total. The molecule has 5 heteroatoms. The molecule has 3 aromatic rings. The normalized spacial score (nSPS) is 13.0. The number of anilines is 3. The topological polar surface area (TPSA) is 64.3 Å². The van der Waals surface area contributed by atoms with E-state index in [-0.39, 0.29) is 0 Å². The van der Waals surface area contributed by atoms with Crippen LogP contribution in [0.2, 0.25) is 0 Å². The molecule has 1 aromatic heterocycles. The van der Waals surface area contributed by atoms with Crippen LogP contribution in [-0.2, 0) is 6.42 Å². The van der Waals surface area contributed by atoms with E-state index in [1.54, 1.807) is 0 Å². The first-order valence-corrected chi connectivity index (χ1v) is 8.34. The zero-order valence-electron chi connectivity index (χ0n) is 14.4. The van der Waals surface area contributed by atoms with Crippen molar-refractivity contribution in [3.8, 4) is 11.6 Å². The third-order valence-electron chi connectivity index (χ3n) is 4.66. The number of benzene rings is 2. The second-order valence-electron chi connectivity index (χ2n) is 6.29. The molecule has 0 aliphatic carbocycles. The van der Waals surface area contributed by atoms with Gasteiger partial charge in [0.15, 0.2) is 5.82 Å². The fourth-order valence-corrected chi connectivity index (χ4v) is 3.11. The zero-order valence-corrected chi connectivity index (χ0v) is 14.4. The van der Waals surface area contributed by atoms with E-state index in [1.165, 1.54) is 23.0 Å². The zero-order chi connectivity index (χ0) is 17.4. The minimum absolute atomic E-state index is 0.387. The highest BCUT2D eigenvalue weighted by Crippen LogP contribution is 2.39. The van der Waals surface area contributed by atoms with Crippen LogP contribution in [0, 0.1) is 13.8 Å². The molecule has 0 spiro atoms. The van der Waals surface area contributed by atoms with Crippen molar-refractivity contribution >= 4 is 17.2 Å². The summed E-state index contributed by atoms with van der Waals surface area (Å²) in [7, 11) is 0. The van der Waals surface area contributed by atoms with Crippen molar-refractivity contribution < 1.29 is 4.74 Å². The van der Waals surface area contributed by atoms with Crippen LogP contribution in [0.1, 0.15) is 16.7 Å². The predicted octanol–water partition coefficient (Wildman–Crippen LogP) is 4.16. The highest BCUT2D eigenvalue weighted by Gasteiger charge is 2.24. The van der Waals surface area contributed by atoms with Gasteiger partial charge in [-0.05, 0) is 55.2 Å². The van der Waals surface area contributed by atoms with E-state index < -0.39 is 0 Å². The van der Waals surface area contributed by atoms with Crippen LogP contribution < -0.4 is 15.4 Å². The second kappa shape index (κ2) is 6.09.